The normalized spacial score (nSPS) is 23.4. The largest absolute Gasteiger partial charge is 0.351 e. The van der Waals surface area contributed by atoms with E-state index in [-0.39, 0.29) is 35.7 Å². The molecule has 1 aromatic rings. The minimum atomic E-state index is -0.159. The second kappa shape index (κ2) is 12.0. The molecule has 1 saturated carbocycles. The third kappa shape index (κ3) is 6.57. The Bertz CT molecular complexity index is 794. The first kappa shape index (κ1) is 24.3. The molecule has 0 aromatic heterocycles. The Hall–Kier alpha value is -2.37. The summed E-state index contributed by atoms with van der Waals surface area (Å²) >= 11 is 0. The zero-order chi connectivity index (χ0) is 22.9. The van der Waals surface area contributed by atoms with E-state index in [2.05, 4.69) is 17.6 Å². The molecule has 6 heteroatoms. The van der Waals surface area contributed by atoms with Crippen molar-refractivity contribution in [2.45, 2.75) is 90.1 Å². The van der Waals surface area contributed by atoms with E-state index in [9.17, 15) is 14.4 Å². The van der Waals surface area contributed by atoms with Gasteiger partial charge in [-0.3, -0.25) is 14.4 Å². The van der Waals surface area contributed by atoms with E-state index < -0.39 is 0 Å². The highest BCUT2D eigenvalue weighted by atomic mass is 16.2. The summed E-state index contributed by atoms with van der Waals surface area (Å²) in [5.41, 5.74) is 1.64. The number of hydrogen-bond acceptors (Lipinski definition) is 3. The molecule has 3 rings (SSSR count). The molecule has 176 valence electrons. The van der Waals surface area contributed by atoms with Crippen molar-refractivity contribution >= 4 is 17.7 Å². The molecule has 0 radical (unpaired) electrons. The van der Waals surface area contributed by atoms with Crippen LogP contribution in [0.4, 0.5) is 0 Å². The maximum atomic E-state index is 13.1. The summed E-state index contributed by atoms with van der Waals surface area (Å²) in [7, 11) is 0. The number of benzene rings is 1. The van der Waals surface area contributed by atoms with E-state index in [1.807, 2.05) is 36.1 Å². The van der Waals surface area contributed by atoms with Crippen LogP contribution < -0.4 is 10.6 Å². The lowest BCUT2D eigenvalue weighted by molar-refractivity contribution is -0.136. The number of likely N-dealkylation sites (tertiary alicyclic amines) is 1. The molecule has 2 fully saturated rings. The molecule has 3 amide bonds. The molecule has 6 nitrogen and oxygen atoms in total. The van der Waals surface area contributed by atoms with E-state index in [4.69, 9.17) is 0 Å². The lowest BCUT2D eigenvalue weighted by Crippen LogP contribution is -2.55. The van der Waals surface area contributed by atoms with Crippen LogP contribution in [-0.2, 0) is 9.59 Å². The lowest BCUT2D eigenvalue weighted by Gasteiger charge is -2.36. The fourth-order valence-corrected chi connectivity index (χ4v) is 4.95. The molecule has 1 aromatic carbocycles. The molecule has 32 heavy (non-hydrogen) atoms. The number of amides is 3. The van der Waals surface area contributed by atoms with Gasteiger partial charge in [0.05, 0.1) is 5.92 Å². The molecule has 0 spiro atoms. The second-order valence-corrected chi connectivity index (χ2v) is 9.43. The van der Waals surface area contributed by atoms with Crippen molar-refractivity contribution in [2.24, 2.45) is 5.92 Å². The number of carbonyl (C=O) groups excluding carboxylic acids is 3. The third-order valence-electron chi connectivity index (χ3n) is 6.94. The second-order valence-electron chi connectivity index (χ2n) is 9.43. The topological polar surface area (TPSA) is 78.5 Å². The number of aryl methyl sites for hydroxylation is 1. The highest BCUT2D eigenvalue weighted by Gasteiger charge is 2.33. The summed E-state index contributed by atoms with van der Waals surface area (Å²) in [6.45, 7) is 5.35. The molecular formula is C26H39N3O3. The molecule has 2 aliphatic rings. The summed E-state index contributed by atoms with van der Waals surface area (Å²) in [6, 6.07) is 7.47. The smallest absolute Gasteiger partial charge is 0.251 e. The van der Waals surface area contributed by atoms with Gasteiger partial charge in [-0.05, 0) is 50.7 Å². The van der Waals surface area contributed by atoms with Gasteiger partial charge >= 0.3 is 0 Å². The van der Waals surface area contributed by atoms with Crippen molar-refractivity contribution in [1.82, 2.24) is 15.5 Å². The first-order chi connectivity index (χ1) is 15.5. The maximum Gasteiger partial charge on any atom is 0.251 e. The molecule has 1 aliphatic heterocycles. The number of unbranched alkanes of at least 4 members (excludes halogenated alkanes) is 2. The van der Waals surface area contributed by atoms with E-state index in [0.29, 0.717) is 18.5 Å². The summed E-state index contributed by atoms with van der Waals surface area (Å²) in [5.74, 6) is -0.0284. The average Bonchev–Trinajstić information content (AvgIpc) is 2.80. The summed E-state index contributed by atoms with van der Waals surface area (Å²) in [5, 5.41) is 6.40. The monoisotopic (exact) mass is 441 g/mol. The van der Waals surface area contributed by atoms with Gasteiger partial charge in [-0.15, -0.1) is 0 Å². The average molecular weight is 442 g/mol. The highest BCUT2D eigenvalue weighted by molar-refractivity contribution is 5.95. The van der Waals surface area contributed by atoms with Crippen molar-refractivity contribution in [3.05, 3.63) is 35.4 Å². The van der Waals surface area contributed by atoms with E-state index in [1.54, 1.807) is 0 Å². The molecule has 2 N–H and O–H groups in total. The Morgan fingerprint density at radius 2 is 1.69 bits per heavy atom. The number of hydrogen-bond donors (Lipinski definition) is 2. The van der Waals surface area contributed by atoms with Crippen LogP contribution in [0, 0.1) is 12.8 Å². The van der Waals surface area contributed by atoms with Gasteiger partial charge in [0.15, 0.2) is 0 Å². The zero-order valence-electron chi connectivity index (χ0n) is 19.7. The number of piperidine rings is 1. The zero-order valence-corrected chi connectivity index (χ0v) is 19.7. The van der Waals surface area contributed by atoms with Crippen molar-refractivity contribution in [1.29, 1.82) is 0 Å². The molecule has 0 bridgehead atoms. The summed E-state index contributed by atoms with van der Waals surface area (Å²) in [4.78, 5) is 40.3. The van der Waals surface area contributed by atoms with E-state index in [1.165, 1.54) is 0 Å². The summed E-state index contributed by atoms with van der Waals surface area (Å²) in [6.07, 6.45) is 9.20. The van der Waals surface area contributed by atoms with Gasteiger partial charge in [-0.25, -0.2) is 0 Å². The summed E-state index contributed by atoms with van der Waals surface area (Å²) < 4.78 is 0. The number of nitrogens with one attached hydrogen (secondary N) is 2. The van der Waals surface area contributed by atoms with Crippen LogP contribution in [0.3, 0.4) is 0 Å². The van der Waals surface area contributed by atoms with Crippen LogP contribution >= 0.6 is 0 Å². The Morgan fingerprint density at radius 1 is 0.969 bits per heavy atom. The minimum absolute atomic E-state index is 0.0260. The lowest BCUT2D eigenvalue weighted by atomic mass is 9.88. The standard InChI is InChI=1S/C26H39N3O3/c1-3-4-5-16-24(30)29-17-10-12-20(18-29)25(31)27-22-14-8-9-15-23(22)28-26(32)21-13-7-6-11-19(21)2/h6-7,11,13,20,22-23H,3-5,8-10,12,14-18H2,1-2H3,(H,27,31)(H,28,32)/t20-,22-,23-/m1/s1. The predicted molar refractivity (Wildman–Crippen MR) is 126 cm³/mol. The molecule has 1 saturated heterocycles. The fraction of sp³-hybridized carbons (Fsp3) is 0.654. The highest BCUT2D eigenvalue weighted by Crippen LogP contribution is 2.22. The van der Waals surface area contributed by atoms with Crippen LogP contribution in [0.15, 0.2) is 24.3 Å². The first-order valence-corrected chi connectivity index (χ1v) is 12.4. The van der Waals surface area contributed by atoms with Crippen molar-refractivity contribution in [3.63, 3.8) is 0 Å². The molecule has 1 aliphatic carbocycles. The van der Waals surface area contributed by atoms with Crippen molar-refractivity contribution < 1.29 is 14.4 Å². The van der Waals surface area contributed by atoms with Gasteiger partial charge in [0.25, 0.3) is 5.91 Å². The number of nitrogens with zero attached hydrogens (tertiary/aromatic N) is 1. The van der Waals surface area contributed by atoms with Crippen molar-refractivity contribution in [2.75, 3.05) is 13.1 Å². The Kier molecular flexibility index (Phi) is 9.12. The quantitative estimate of drug-likeness (QED) is 0.599. The molecular weight excluding hydrogens is 402 g/mol. The first-order valence-electron chi connectivity index (χ1n) is 12.4. The fourth-order valence-electron chi connectivity index (χ4n) is 4.95. The molecule has 0 unspecified atom stereocenters. The Balaban J connectivity index is 1.55. The Labute approximate surface area is 192 Å². The van der Waals surface area contributed by atoms with Crippen LogP contribution in [0.1, 0.15) is 87.1 Å². The minimum Gasteiger partial charge on any atom is -0.351 e. The predicted octanol–water partition coefficient (Wildman–Crippen LogP) is 3.97. The van der Waals surface area contributed by atoms with Crippen LogP contribution in [0.5, 0.6) is 0 Å². The van der Waals surface area contributed by atoms with Gasteiger partial charge in [0.2, 0.25) is 11.8 Å². The van der Waals surface area contributed by atoms with E-state index in [0.717, 1.165) is 69.9 Å². The van der Waals surface area contributed by atoms with E-state index >= 15 is 0 Å². The van der Waals surface area contributed by atoms with Crippen molar-refractivity contribution in [3.8, 4) is 0 Å². The van der Waals surface area contributed by atoms with Gasteiger partial charge in [-0.2, -0.15) is 0 Å². The SMILES string of the molecule is CCCCCC(=O)N1CCC[C@@H](C(=O)N[C@@H]2CCCC[C@H]2NC(=O)c2ccccc2C)C1. The molecule has 1 heterocycles. The van der Waals surface area contributed by atoms with Crippen LogP contribution in [0.25, 0.3) is 0 Å². The van der Waals surface area contributed by atoms with Crippen LogP contribution in [0.2, 0.25) is 0 Å². The number of carbonyl (C=O) groups is 3. The Morgan fingerprint density at radius 3 is 2.41 bits per heavy atom. The third-order valence-corrected chi connectivity index (χ3v) is 6.94. The van der Waals surface area contributed by atoms with Crippen LogP contribution in [-0.4, -0.2) is 47.8 Å². The number of rotatable bonds is 8. The van der Waals surface area contributed by atoms with Gasteiger partial charge in [0, 0.05) is 37.2 Å². The van der Waals surface area contributed by atoms with Gasteiger partial charge in [-0.1, -0.05) is 50.8 Å². The van der Waals surface area contributed by atoms with Gasteiger partial charge < -0.3 is 15.5 Å². The maximum absolute atomic E-state index is 13.1. The molecule has 3 atom stereocenters. The van der Waals surface area contributed by atoms with Gasteiger partial charge in [0.1, 0.15) is 0 Å².